The van der Waals surface area contributed by atoms with Crippen LogP contribution in [0, 0.1) is 0 Å². The van der Waals surface area contributed by atoms with Gasteiger partial charge in [0.25, 0.3) is 0 Å². The number of benzene rings is 3. The third-order valence-electron chi connectivity index (χ3n) is 6.61. The number of carbonyl (C=O) groups is 2. The molecule has 0 saturated heterocycles. The summed E-state index contributed by atoms with van der Waals surface area (Å²) in [5.74, 6) is -1.11. The normalized spacial score (nSPS) is 16.6. The second-order valence-electron chi connectivity index (χ2n) is 9.28. The highest BCUT2D eigenvalue weighted by Gasteiger charge is 2.37. The number of carboxylic acid groups (broad SMARTS) is 2. The second-order valence-corrected chi connectivity index (χ2v) is 9.28. The zero-order valence-corrected chi connectivity index (χ0v) is 21.2. The van der Waals surface area contributed by atoms with Crippen molar-refractivity contribution >= 4 is 17.5 Å². The van der Waals surface area contributed by atoms with Crippen LogP contribution in [-0.4, -0.2) is 41.0 Å². The average Bonchev–Trinajstić information content (AvgIpc) is 2.95. The van der Waals surface area contributed by atoms with Crippen molar-refractivity contribution in [2.45, 2.75) is 37.7 Å². The molecule has 2 N–H and O–H groups in total. The lowest BCUT2D eigenvalue weighted by molar-refractivity contribution is -0.159. The predicted octanol–water partition coefficient (Wildman–Crippen LogP) is 6.87. The van der Waals surface area contributed by atoms with Gasteiger partial charge in [0.1, 0.15) is 5.75 Å². The number of aliphatic carboxylic acids is 1. The molecule has 38 heavy (non-hydrogen) atoms. The molecule has 0 bridgehead atoms. The molecule has 0 fully saturated rings. The first-order valence-electron chi connectivity index (χ1n) is 12.9. The van der Waals surface area contributed by atoms with Gasteiger partial charge in [-0.3, -0.25) is 0 Å². The fourth-order valence-electron chi connectivity index (χ4n) is 4.34. The Morgan fingerprint density at radius 3 is 1.95 bits per heavy atom. The van der Waals surface area contributed by atoms with Gasteiger partial charge in [0.2, 0.25) is 0 Å². The standard InChI is InChI=1S/C32H32O6/c33-30(34)28-12-10-25(11-13-28)26-14-16-29(17-15-26)37-22-6-1-2-7-23-38-32(31(35)36)20-18-27(19-21-32)24-8-4-3-5-9-24/h3-5,8-20H,1-2,6-7,21-23H2,(H,33,34)(H,35,36). The average molecular weight is 513 g/mol. The van der Waals surface area contributed by atoms with Crippen molar-refractivity contribution in [2.24, 2.45) is 0 Å². The van der Waals surface area contributed by atoms with Gasteiger partial charge in [-0.15, -0.1) is 0 Å². The SMILES string of the molecule is O=C(O)c1ccc(-c2ccc(OCCCCCCOC3(C(=O)O)C=CC(c4ccccc4)=CC3)cc2)cc1. The van der Waals surface area contributed by atoms with E-state index in [1.54, 1.807) is 30.3 Å². The third kappa shape index (κ3) is 6.99. The smallest absolute Gasteiger partial charge is 0.340 e. The Balaban J connectivity index is 1.13. The minimum absolute atomic E-state index is 0.266. The minimum atomic E-state index is -1.30. The van der Waals surface area contributed by atoms with Gasteiger partial charge in [-0.2, -0.15) is 0 Å². The van der Waals surface area contributed by atoms with E-state index in [4.69, 9.17) is 14.6 Å². The summed E-state index contributed by atoms with van der Waals surface area (Å²) in [7, 11) is 0. The van der Waals surface area contributed by atoms with Crippen LogP contribution in [-0.2, 0) is 9.53 Å². The maximum atomic E-state index is 12.0. The topological polar surface area (TPSA) is 93.1 Å². The summed E-state index contributed by atoms with van der Waals surface area (Å²) < 4.78 is 11.7. The quantitative estimate of drug-likeness (QED) is 0.243. The van der Waals surface area contributed by atoms with Crippen molar-refractivity contribution in [1.82, 2.24) is 0 Å². The van der Waals surface area contributed by atoms with Crippen LogP contribution in [0.15, 0.2) is 97.1 Å². The molecular formula is C32H32O6. The molecule has 1 aliphatic rings. The van der Waals surface area contributed by atoms with Crippen molar-refractivity contribution in [3.8, 4) is 16.9 Å². The van der Waals surface area contributed by atoms with Gasteiger partial charge < -0.3 is 19.7 Å². The van der Waals surface area contributed by atoms with E-state index >= 15 is 0 Å². The van der Waals surface area contributed by atoms with Crippen LogP contribution < -0.4 is 4.74 Å². The van der Waals surface area contributed by atoms with Gasteiger partial charge in [0, 0.05) is 13.0 Å². The summed E-state index contributed by atoms with van der Waals surface area (Å²) in [6.07, 6.45) is 9.32. The van der Waals surface area contributed by atoms with E-state index in [0.29, 0.717) is 19.6 Å². The first kappa shape index (κ1) is 26.9. The Kier molecular flexibility index (Phi) is 9.11. The number of hydrogen-bond donors (Lipinski definition) is 2. The molecule has 0 spiro atoms. The van der Waals surface area contributed by atoms with E-state index in [9.17, 15) is 14.7 Å². The van der Waals surface area contributed by atoms with E-state index < -0.39 is 17.5 Å². The zero-order chi connectivity index (χ0) is 26.8. The number of rotatable bonds is 13. The van der Waals surface area contributed by atoms with E-state index in [0.717, 1.165) is 53.7 Å². The van der Waals surface area contributed by atoms with Crippen molar-refractivity contribution in [3.05, 3.63) is 108 Å². The molecule has 1 aliphatic carbocycles. The van der Waals surface area contributed by atoms with Gasteiger partial charge in [0.15, 0.2) is 5.60 Å². The van der Waals surface area contributed by atoms with Crippen LogP contribution >= 0.6 is 0 Å². The molecule has 6 heteroatoms. The van der Waals surface area contributed by atoms with Gasteiger partial charge in [-0.25, -0.2) is 9.59 Å². The number of hydrogen-bond acceptors (Lipinski definition) is 4. The molecule has 4 rings (SSSR count). The first-order valence-corrected chi connectivity index (χ1v) is 12.9. The van der Waals surface area contributed by atoms with Crippen molar-refractivity contribution in [3.63, 3.8) is 0 Å². The van der Waals surface area contributed by atoms with Gasteiger partial charge >= 0.3 is 11.9 Å². The molecule has 0 aliphatic heterocycles. The third-order valence-corrected chi connectivity index (χ3v) is 6.61. The maximum Gasteiger partial charge on any atom is 0.340 e. The van der Waals surface area contributed by atoms with E-state index in [2.05, 4.69) is 0 Å². The maximum absolute atomic E-state index is 12.0. The summed E-state index contributed by atoms with van der Waals surface area (Å²) >= 11 is 0. The van der Waals surface area contributed by atoms with Crippen LogP contribution in [0.2, 0.25) is 0 Å². The van der Waals surface area contributed by atoms with Crippen LogP contribution in [0.4, 0.5) is 0 Å². The molecule has 6 nitrogen and oxygen atoms in total. The highest BCUT2D eigenvalue weighted by atomic mass is 16.5. The summed E-state index contributed by atoms with van der Waals surface area (Å²) in [6, 6.07) is 24.4. The van der Waals surface area contributed by atoms with Crippen LogP contribution in [0.1, 0.15) is 48.0 Å². The van der Waals surface area contributed by atoms with Crippen molar-refractivity contribution in [2.75, 3.05) is 13.2 Å². The van der Waals surface area contributed by atoms with Crippen LogP contribution in [0.3, 0.4) is 0 Å². The van der Waals surface area contributed by atoms with E-state index in [1.165, 1.54) is 0 Å². The fourth-order valence-corrected chi connectivity index (χ4v) is 4.34. The summed E-state index contributed by atoms with van der Waals surface area (Å²) in [5.41, 5.74) is 2.98. The lowest BCUT2D eigenvalue weighted by Crippen LogP contribution is -2.40. The molecule has 0 amide bonds. The molecule has 1 atom stereocenters. The minimum Gasteiger partial charge on any atom is -0.494 e. The Morgan fingerprint density at radius 1 is 0.737 bits per heavy atom. The van der Waals surface area contributed by atoms with Crippen molar-refractivity contribution < 1.29 is 29.3 Å². The second kappa shape index (κ2) is 12.9. The van der Waals surface area contributed by atoms with Gasteiger partial charge in [-0.1, -0.05) is 73.2 Å². The molecule has 0 aromatic heterocycles. The van der Waals surface area contributed by atoms with E-state index in [-0.39, 0.29) is 5.56 Å². The molecule has 0 heterocycles. The zero-order valence-electron chi connectivity index (χ0n) is 21.2. The lowest BCUT2D eigenvalue weighted by Gasteiger charge is -2.28. The highest BCUT2D eigenvalue weighted by molar-refractivity contribution is 5.88. The number of ether oxygens (including phenoxy) is 2. The van der Waals surface area contributed by atoms with E-state index in [1.807, 2.05) is 66.7 Å². The number of carboxylic acids is 2. The van der Waals surface area contributed by atoms with Gasteiger partial charge in [0.05, 0.1) is 12.2 Å². The summed E-state index contributed by atoms with van der Waals surface area (Å²) in [6.45, 7) is 0.989. The van der Waals surface area contributed by atoms with Gasteiger partial charge in [-0.05, 0) is 71.9 Å². The molecule has 1 unspecified atom stereocenters. The Hall–Kier alpha value is -4.16. The lowest BCUT2D eigenvalue weighted by atomic mass is 9.89. The highest BCUT2D eigenvalue weighted by Crippen LogP contribution is 2.30. The van der Waals surface area contributed by atoms with Crippen molar-refractivity contribution in [1.29, 1.82) is 0 Å². The first-order chi connectivity index (χ1) is 18.5. The van der Waals surface area contributed by atoms with Crippen LogP contribution in [0.5, 0.6) is 5.75 Å². The molecule has 3 aromatic carbocycles. The Bertz CT molecular complexity index is 1280. The predicted molar refractivity (Wildman–Crippen MR) is 147 cm³/mol. The monoisotopic (exact) mass is 512 g/mol. The number of aromatic carboxylic acids is 1. The molecule has 0 saturated carbocycles. The number of unbranched alkanes of at least 4 members (excludes halogenated alkanes) is 3. The largest absolute Gasteiger partial charge is 0.494 e. The molecule has 3 aromatic rings. The molecular weight excluding hydrogens is 480 g/mol. The summed E-state index contributed by atoms with van der Waals surface area (Å²) in [5, 5.41) is 18.8. The number of allylic oxidation sites excluding steroid dienone is 2. The fraction of sp³-hybridized carbons (Fsp3) is 0.250. The molecule has 0 radical (unpaired) electrons. The Labute approximate surface area is 222 Å². The Morgan fingerprint density at radius 2 is 1.37 bits per heavy atom. The molecule has 196 valence electrons. The van der Waals surface area contributed by atoms with Crippen LogP contribution in [0.25, 0.3) is 16.7 Å². The summed E-state index contributed by atoms with van der Waals surface area (Å²) in [4.78, 5) is 23.0.